The van der Waals surface area contributed by atoms with Gasteiger partial charge in [0.1, 0.15) is 22.4 Å². The van der Waals surface area contributed by atoms with Gasteiger partial charge in [0.2, 0.25) is 5.91 Å². The van der Waals surface area contributed by atoms with Gasteiger partial charge >= 0.3 is 0 Å². The molecule has 0 radical (unpaired) electrons. The van der Waals surface area contributed by atoms with Gasteiger partial charge in [0.25, 0.3) is 0 Å². The summed E-state index contributed by atoms with van der Waals surface area (Å²) in [6.45, 7) is 0. The fourth-order valence-corrected chi connectivity index (χ4v) is 2.42. The quantitative estimate of drug-likeness (QED) is 0.640. The normalized spacial score (nSPS) is 10.2. The maximum absolute atomic E-state index is 12.1. The molecule has 0 aliphatic heterocycles. The highest BCUT2D eigenvalue weighted by Gasteiger charge is 2.06. The first-order valence-electron chi connectivity index (χ1n) is 7.94. The lowest BCUT2D eigenvalue weighted by atomic mass is 10.2. The van der Waals surface area contributed by atoms with Crippen molar-refractivity contribution in [1.82, 2.24) is 4.98 Å². The number of carbonyl (C=O) groups excluding carboxylic acids is 1. The molecule has 0 aliphatic carbocycles. The van der Waals surface area contributed by atoms with E-state index in [0.29, 0.717) is 22.3 Å². The van der Waals surface area contributed by atoms with E-state index in [1.54, 1.807) is 55.8 Å². The molecule has 0 spiro atoms. The Morgan fingerprint density at radius 3 is 2.50 bits per heavy atom. The Hall–Kier alpha value is -3.05. The molecular weight excluding hydrogens is 352 g/mol. The molecule has 0 fully saturated rings. The molecule has 132 valence electrons. The topological polar surface area (TPSA) is 60.5 Å². The highest BCUT2D eigenvalue weighted by Crippen LogP contribution is 2.26. The summed E-state index contributed by atoms with van der Waals surface area (Å²) in [5.41, 5.74) is 1.49. The van der Waals surface area contributed by atoms with Crippen LogP contribution in [0.1, 0.15) is 5.56 Å². The maximum atomic E-state index is 12.1. The Morgan fingerprint density at radius 2 is 1.81 bits per heavy atom. The second kappa shape index (κ2) is 8.36. The molecule has 2 aromatic carbocycles. The van der Waals surface area contributed by atoms with Crippen LogP contribution in [0.25, 0.3) is 0 Å². The molecule has 26 heavy (non-hydrogen) atoms. The van der Waals surface area contributed by atoms with Gasteiger partial charge in [0, 0.05) is 18.0 Å². The van der Waals surface area contributed by atoms with Gasteiger partial charge in [-0.3, -0.25) is 4.79 Å². The standard InChI is InChI=1S/C20H17ClN2O3/c1-25-17-3-2-4-18(12-17)26-16-8-6-15(7-9-16)23-20(24)11-14-5-10-19(21)22-13-14/h2-10,12-13H,11H2,1H3,(H,23,24). The van der Waals surface area contributed by atoms with Crippen molar-refractivity contribution in [2.75, 3.05) is 12.4 Å². The predicted molar refractivity (Wildman–Crippen MR) is 101 cm³/mol. The average molecular weight is 369 g/mol. The molecule has 0 unspecified atom stereocenters. The van der Waals surface area contributed by atoms with Crippen molar-refractivity contribution in [1.29, 1.82) is 0 Å². The number of rotatable bonds is 6. The zero-order chi connectivity index (χ0) is 18.4. The fourth-order valence-electron chi connectivity index (χ4n) is 2.31. The van der Waals surface area contributed by atoms with Crippen LogP contribution >= 0.6 is 11.6 Å². The summed E-state index contributed by atoms with van der Waals surface area (Å²) in [6.07, 6.45) is 1.82. The average Bonchev–Trinajstić information content (AvgIpc) is 2.65. The Balaban J connectivity index is 1.58. The van der Waals surface area contributed by atoms with Crippen LogP contribution in [-0.4, -0.2) is 18.0 Å². The van der Waals surface area contributed by atoms with E-state index in [0.717, 1.165) is 11.3 Å². The number of pyridine rings is 1. The van der Waals surface area contributed by atoms with Gasteiger partial charge in [-0.1, -0.05) is 23.7 Å². The SMILES string of the molecule is COc1cccc(Oc2ccc(NC(=O)Cc3ccc(Cl)nc3)cc2)c1. The van der Waals surface area contributed by atoms with E-state index in [9.17, 15) is 4.79 Å². The molecular formula is C20H17ClN2O3. The van der Waals surface area contributed by atoms with E-state index in [1.807, 2.05) is 18.2 Å². The lowest BCUT2D eigenvalue weighted by molar-refractivity contribution is -0.115. The molecule has 1 heterocycles. The molecule has 0 aliphatic rings. The lowest BCUT2D eigenvalue weighted by Crippen LogP contribution is -2.14. The third kappa shape index (κ3) is 4.97. The molecule has 3 aromatic rings. The number of hydrogen-bond acceptors (Lipinski definition) is 4. The molecule has 0 saturated carbocycles. The van der Waals surface area contributed by atoms with Gasteiger partial charge in [-0.2, -0.15) is 0 Å². The van der Waals surface area contributed by atoms with Crippen LogP contribution in [0.5, 0.6) is 17.2 Å². The lowest BCUT2D eigenvalue weighted by Gasteiger charge is -2.09. The van der Waals surface area contributed by atoms with Gasteiger partial charge in [0.05, 0.1) is 13.5 Å². The Bertz CT molecular complexity index is 880. The second-order valence-electron chi connectivity index (χ2n) is 5.52. The first-order valence-corrected chi connectivity index (χ1v) is 8.32. The van der Waals surface area contributed by atoms with Crippen LogP contribution in [0.15, 0.2) is 66.9 Å². The van der Waals surface area contributed by atoms with Crippen molar-refractivity contribution in [3.8, 4) is 17.2 Å². The van der Waals surface area contributed by atoms with Crippen LogP contribution in [0.3, 0.4) is 0 Å². The predicted octanol–water partition coefficient (Wildman–Crippen LogP) is 4.72. The zero-order valence-corrected chi connectivity index (χ0v) is 14.9. The van der Waals surface area contributed by atoms with E-state index >= 15 is 0 Å². The number of amides is 1. The van der Waals surface area contributed by atoms with Crippen molar-refractivity contribution in [2.24, 2.45) is 0 Å². The van der Waals surface area contributed by atoms with Gasteiger partial charge in [0.15, 0.2) is 0 Å². The highest BCUT2D eigenvalue weighted by molar-refractivity contribution is 6.29. The second-order valence-corrected chi connectivity index (χ2v) is 5.91. The monoisotopic (exact) mass is 368 g/mol. The summed E-state index contributed by atoms with van der Waals surface area (Å²) in [6, 6.07) is 17.9. The summed E-state index contributed by atoms with van der Waals surface area (Å²) in [7, 11) is 1.61. The highest BCUT2D eigenvalue weighted by atomic mass is 35.5. The Morgan fingerprint density at radius 1 is 1.04 bits per heavy atom. The minimum absolute atomic E-state index is 0.129. The maximum Gasteiger partial charge on any atom is 0.228 e. The van der Waals surface area contributed by atoms with E-state index in [1.165, 1.54) is 0 Å². The number of nitrogens with zero attached hydrogens (tertiary/aromatic N) is 1. The van der Waals surface area contributed by atoms with Gasteiger partial charge in [-0.05, 0) is 48.0 Å². The third-order valence-electron chi connectivity index (χ3n) is 3.57. The number of carbonyl (C=O) groups is 1. The molecule has 3 rings (SSSR count). The van der Waals surface area contributed by atoms with Crippen LogP contribution in [0, 0.1) is 0 Å². The first-order chi connectivity index (χ1) is 12.6. The summed E-state index contributed by atoms with van der Waals surface area (Å²) < 4.78 is 10.9. The van der Waals surface area contributed by atoms with E-state index in [2.05, 4.69) is 10.3 Å². The molecule has 0 bridgehead atoms. The van der Waals surface area contributed by atoms with Gasteiger partial charge < -0.3 is 14.8 Å². The van der Waals surface area contributed by atoms with Gasteiger partial charge in [-0.25, -0.2) is 4.98 Å². The van der Waals surface area contributed by atoms with Crippen LogP contribution in [0.4, 0.5) is 5.69 Å². The number of ether oxygens (including phenoxy) is 2. The van der Waals surface area contributed by atoms with E-state index in [4.69, 9.17) is 21.1 Å². The molecule has 1 aromatic heterocycles. The fraction of sp³-hybridized carbons (Fsp3) is 0.100. The first kappa shape index (κ1) is 17.8. The summed E-state index contributed by atoms with van der Waals surface area (Å²) in [5.74, 6) is 1.94. The zero-order valence-electron chi connectivity index (χ0n) is 14.1. The molecule has 1 N–H and O–H groups in total. The van der Waals surface area contributed by atoms with Crippen LogP contribution in [-0.2, 0) is 11.2 Å². The van der Waals surface area contributed by atoms with Crippen molar-refractivity contribution in [3.05, 3.63) is 77.6 Å². The van der Waals surface area contributed by atoms with Crippen molar-refractivity contribution in [2.45, 2.75) is 6.42 Å². The molecule has 1 amide bonds. The molecule has 6 heteroatoms. The number of nitrogens with one attached hydrogen (secondary N) is 1. The van der Waals surface area contributed by atoms with Crippen LogP contribution in [0.2, 0.25) is 5.15 Å². The largest absolute Gasteiger partial charge is 0.497 e. The Labute approximate surface area is 156 Å². The molecule has 0 saturated heterocycles. The summed E-state index contributed by atoms with van der Waals surface area (Å²) in [4.78, 5) is 16.1. The number of anilines is 1. The smallest absolute Gasteiger partial charge is 0.228 e. The number of benzene rings is 2. The summed E-state index contributed by atoms with van der Waals surface area (Å²) >= 11 is 5.74. The third-order valence-corrected chi connectivity index (χ3v) is 3.79. The Kier molecular flexibility index (Phi) is 5.71. The van der Waals surface area contributed by atoms with Gasteiger partial charge in [-0.15, -0.1) is 0 Å². The van der Waals surface area contributed by atoms with Crippen molar-refractivity contribution in [3.63, 3.8) is 0 Å². The van der Waals surface area contributed by atoms with Crippen molar-refractivity contribution >= 4 is 23.2 Å². The molecule has 0 atom stereocenters. The number of aromatic nitrogens is 1. The van der Waals surface area contributed by atoms with Crippen molar-refractivity contribution < 1.29 is 14.3 Å². The number of halogens is 1. The number of hydrogen-bond donors (Lipinski definition) is 1. The summed E-state index contributed by atoms with van der Waals surface area (Å²) in [5, 5.41) is 3.24. The number of methoxy groups -OCH3 is 1. The molecule has 5 nitrogen and oxygen atoms in total. The minimum Gasteiger partial charge on any atom is -0.497 e. The van der Waals surface area contributed by atoms with E-state index in [-0.39, 0.29) is 12.3 Å². The van der Waals surface area contributed by atoms with E-state index < -0.39 is 0 Å². The minimum atomic E-state index is -0.129. The van der Waals surface area contributed by atoms with Crippen LogP contribution < -0.4 is 14.8 Å².